The molecular formula is C21H28N2O4. The fourth-order valence-electron chi connectivity index (χ4n) is 4.35. The summed E-state index contributed by atoms with van der Waals surface area (Å²) in [5.41, 5.74) is 0.880. The molecule has 0 aliphatic carbocycles. The minimum atomic E-state index is -1.22. The summed E-state index contributed by atoms with van der Waals surface area (Å²) < 4.78 is 5.24. The number of hydrogen-bond donors (Lipinski definition) is 1. The molecule has 2 saturated heterocycles. The smallest absolute Gasteiger partial charge is 0.326 e. The Balaban J connectivity index is 2.04. The number of esters is 1. The van der Waals surface area contributed by atoms with Gasteiger partial charge in [-0.2, -0.15) is 0 Å². The highest BCUT2D eigenvalue weighted by Crippen LogP contribution is 2.49. The van der Waals surface area contributed by atoms with E-state index in [4.69, 9.17) is 4.74 Å². The maximum absolute atomic E-state index is 13.0. The van der Waals surface area contributed by atoms with Crippen molar-refractivity contribution in [1.82, 2.24) is 10.2 Å². The van der Waals surface area contributed by atoms with Gasteiger partial charge < -0.3 is 4.74 Å². The highest BCUT2D eigenvalue weighted by atomic mass is 16.5. The first kappa shape index (κ1) is 19.5. The van der Waals surface area contributed by atoms with Crippen LogP contribution in [0.15, 0.2) is 24.3 Å². The fraction of sp³-hybridized carbons (Fsp3) is 0.571. The Labute approximate surface area is 160 Å². The lowest BCUT2D eigenvalue weighted by Crippen LogP contribution is -2.54. The van der Waals surface area contributed by atoms with E-state index in [9.17, 15) is 14.4 Å². The summed E-state index contributed by atoms with van der Waals surface area (Å²) in [7, 11) is 0. The Morgan fingerprint density at radius 2 is 1.81 bits per heavy atom. The first-order chi connectivity index (χ1) is 12.8. The molecule has 146 valence electrons. The van der Waals surface area contributed by atoms with Crippen LogP contribution >= 0.6 is 0 Å². The molecule has 0 bridgehead atoms. The first-order valence-electron chi connectivity index (χ1n) is 9.66. The Hall–Kier alpha value is -2.21. The number of nitrogens with one attached hydrogen (secondary N) is 1. The van der Waals surface area contributed by atoms with E-state index in [0.29, 0.717) is 12.5 Å². The summed E-state index contributed by atoms with van der Waals surface area (Å²) in [6.45, 7) is 9.96. The third kappa shape index (κ3) is 2.96. The van der Waals surface area contributed by atoms with Crippen molar-refractivity contribution in [2.75, 3.05) is 13.2 Å². The molecule has 1 N–H and O–H groups in total. The molecule has 6 heteroatoms. The van der Waals surface area contributed by atoms with Crippen LogP contribution in [0.2, 0.25) is 0 Å². The van der Waals surface area contributed by atoms with Crippen molar-refractivity contribution >= 4 is 17.8 Å². The lowest BCUT2D eigenvalue weighted by atomic mass is 9.80. The molecule has 0 spiro atoms. The summed E-state index contributed by atoms with van der Waals surface area (Å²) in [6.07, 6.45) is 0. The molecule has 3 rings (SSSR count). The lowest BCUT2D eigenvalue weighted by Gasteiger charge is -2.29. The third-order valence-corrected chi connectivity index (χ3v) is 5.86. The molecular weight excluding hydrogens is 344 g/mol. The van der Waals surface area contributed by atoms with Gasteiger partial charge in [-0.1, -0.05) is 38.1 Å². The molecule has 0 saturated carbocycles. The van der Waals surface area contributed by atoms with E-state index in [1.165, 1.54) is 10.5 Å². The van der Waals surface area contributed by atoms with Crippen LogP contribution in [0.1, 0.15) is 57.7 Å². The zero-order valence-electron chi connectivity index (χ0n) is 16.6. The second-order valence-corrected chi connectivity index (χ2v) is 7.79. The van der Waals surface area contributed by atoms with Crippen molar-refractivity contribution in [2.24, 2.45) is 11.8 Å². The van der Waals surface area contributed by atoms with Gasteiger partial charge in [0.05, 0.1) is 18.4 Å². The van der Waals surface area contributed by atoms with Gasteiger partial charge in [0.15, 0.2) is 0 Å². The molecule has 2 amide bonds. The summed E-state index contributed by atoms with van der Waals surface area (Å²) in [5.74, 6) is -1.95. The van der Waals surface area contributed by atoms with Gasteiger partial charge in [0, 0.05) is 12.6 Å². The fourth-order valence-corrected chi connectivity index (χ4v) is 4.35. The zero-order chi connectivity index (χ0) is 19.9. The molecule has 0 aromatic heterocycles. The summed E-state index contributed by atoms with van der Waals surface area (Å²) in [4.78, 5) is 39.9. The van der Waals surface area contributed by atoms with Gasteiger partial charge in [-0.3, -0.25) is 24.6 Å². The average molecular weight is 372 g/mol. The van der Waals surface area contributed by atoms with Crippen LogP contribution in [0.25, 0.3) is 0 Å². The molecule has 1 aromatic carbocycles. The molecule has 4 atom stereocenters. The monoisotopic (exact) mass is 372 g/mol. The second kappa shape index (κ2) is 7.08. The van der Waals surface area contributed by atoms with Crippen LogP contribution in [0.3, 0.4) is 0 Å². The molecule has 1 aromatic rings. The predicted molar refractivity (Wildman–Crippen MR) is 101 cm³/mol. The highest BCUT2D eigenvalue weighted by molar-refractivity contribution is 6.09. The van der Waals surface area contributed by atoms with Gasteiger partial charge in [-0.05, 0) is 37.8 Å². The van der Waals surface area contributed by atoms with Crippen LogP contribution in [0.5, 0.6) is 0 Å². The molecule has 0 radical (unpaired) electrons. The topological polar surface area (TPSA) is 75.7 Å². The van der Waals surface area contributed by atoms with Gasteiger partial charge >= 0.3 is 5.97 Å². The molecule has 2 aliphatic rings. The molecule has 2 fully saturated rings. The Morgan fingerprint density at radius 1 is 1.19 bits per heavy atom. The van der Waals surface area contributed by atoms with Crippen molar-refractivity contribution in [3.05, 3.63) is 35.4 Å². The lowest BCUT2D eigenvalue weighted by molar-refractivity contribution is -0.155. The van der Waals surface area contributed by atoms with Crippen LogP contribution in [0, 0.1) is 11.8 Å². The minimum absolute atomic E-state index is 0.217. The maximum atomic E-state index is 13.0. The number of benzene rings is 1. The van der Waals surface area contributed by atoms with E-state index in [1.807, 2.05) is 24.3 Å². The van der Waals surface area contributed by atoms with E-state index >= 15 is 0 Å². The Kier molecular flexibility index (Phi) is 5.12. The highest BCUT2D eigenvalue weighted by Gasteiger charge is 2.66. The van der Waals surface area contributed by atoms with Gasteiger partial charge in [0.1, 0.15) is 5.54 Å². The number of imide groups is 1. The van der Waals surface area contributed by atoms with Gasteiger partial charge in [0.2, 0.25) is 11.8 Å². The first-order valence-corrected chi connectivity index (χ1v) is 9.66. The molecule has 6 nitrogen and oxygen atoms in total. The van der Waals surface area contributed by atoms with Gasteiger partial charge in [0.25, 0.3) is 0 Å². The van der Waals surface area contributed by atoms with Crippen LogP contribution < -0.4 is 5.32 Å². The number of likely N-dealkylation sites (tertiary alicyclic amines) is 1. The number of ether oxygens (including phenoxy) is 1. The molecule has 0 unspecified atom stereocenters. The Morgan fingerprint density at radius 3 is 2.33 bits per heavy atom. The van der Waals surface area contributed by atoms with E-state index in [1.54, 1.807) is 20.8 Å². The average Bonchev–Trinajstić information content (AvgIpc) is 3.09. The molecule has 2 aliphatic heterocycles. The summed E-state index contributed by atoms with van der Waals surface area (Å²) in [6, 6.07) is 7.63. The third-order valence-electron chi connectivity index (χ3n) is 5.86. The van der Waals surface area contributed by atoms with E-state index in [2.05, 4.69) is 19.2 Å². The Bertz CT molecular complexity index is 758. The number of rotatable bonds is 5. The van der Waals surface area contributed by atoms with Crippen molar-refractivity contribution in [2.45, 2.75) is 52.1 Å². The van der Waals surface area contributed by atoms with Crippen molar-refractivity contribution in [3.63, 3.8) is 0 Å². The SMILES string of the molecule is CCOC(=O)[C@]1(C)N[C@H](c2ccc(C(C)C)cc2)[C@@H]2C(=O)N(CC)C(=O)[C@@H]21. The van der Waals surface area contributed by atoms with E-state index in [-0.39, 0.29) is 18.4 Å². The quantitative estimate of drug-likeness (QED) is 0.634. The van der Waals surface area contributed by atoms with Crippen LogP contribution in [-0.4, -0.2) is 41.4 Å². The minimum Gasteiger partial charge on any atom is -0.465 e. The van der Waals surface area contributed by atoms with Crippen molar-refractivity contribution in [3.8, 4) is 0 Å². The number of carbonyl (C=O) groups is 3. The normalized spacial score (nSPS) is 30.1. The number of hydrogen-bond acceptors (Lipinski definition) is 5. The number of nitrogens with zero attached hydrogens (tertiary/aromatic N) is 1. The molecule has 27 heavy (non-hydrogen) atoms. The second-order valence-electron chi connectivity index (χ2n) is 7.79. The number of fused-ring (bicyclic) bond motifs is 1. The predicted octanol–water partition coefficient (Wildman–Crippen LogP) is 2.40. The summed E-state index contributed by atoms with van der Waals surface area (Å²) >= 11 is 0. The largest absolute Gasteiger partial charge is 0.465 e. The standard InChI is InChI=1S/C21H28N2O4/c1-6-23-18(24)15-16(19(23)25)21(5,20(26)27-7-2)22-17(15)14-10-8-13(9-11-14)12(3)4/h8-12,15-17,22H,6-7H2,1-5H3/t15-,16-,17-,21-/m1/s1. The zero-order valence-corrected chi connectivity index (χ0v) is 16.6. The van der Waals surface area contributed by atoms with Gasteiger partial charge in [-0.15, -0.1) is 0 Å². The summed E-state index contributed by atoms with van der Waals surface area (Å²) in [5, 5.41) is 3.28. The maximum Gasteiger partial charge on any atom is 0.326 e. The van der Waals surface area contributed by atoms with Crippen LogP contribution in [0.4, 0.5) is 0 Å². The van der Waals surface area contributed by atoms with Crippen LogP contribution in [-0.2, 0) is 19.1 Å². The van der Waals surface area contributed by atoms with E-state index < -0.39 is 29.4 Å². The number of carbonyl (C=O) groups excluding carboxylic acids is 3. The number of amides is 2. The van der Waals surface area contributed by atoms with E-state index in [0.717, 1.165) is 5.56 Å². The van der Waals surface area contributed by atoms with Crippen molar-refractivity contribution < 1.29 is 19.1 Å². The van der Waals surface area contributed by atoms with Gasteiger partial charge in [-0.25, -0.2) is 0 Å². The van der Waals surface area contributed by atoms with Crippen molar-refractivity contribution in [1.29, 1.82) is 0 Å². The molecule has 2 heterocycles.